The Hall–Kier alpha value is -1.23. The number of hydrogen-bond acceptors (Lipinski definition) is 4. The van der Waals surface area contributed by atoms with Gasteiger partial charge >= 0.3 is 0 Å². The molecule has 0 aliphatic heterocycles. The lowest BCUT2D eigenvalue weighted by Crippen LogP contribution is -2.47. The van der Waals surface area contributed by atoms with Gasteiger partial charge in [-0.05, 0) is 37.6 Å². The van der Waals surface area contributed by atoms with Crippen LogP contribution in [0.5, 0.6) is 0 Å². The predicted molar refractivity (Wildman–Crippen MR) is 125 cm³/mol. The van der Waals surface area contributed by atoms with Gasteiger partial charge in [-0.15, -0.1) is 0 Å². The van der Waals surface area contributed by atoms with Gasteiger partial charge in [0.05, 0.1) is 6.04 Å². The van der Waals surface area contributed by atoms with Gasteiger partial charge in [-0.2, -0.15) is 0 Å². The molecule has 0 spiro atoms. The second-order valence-electron chi connectivity index (χ2n) is 9.86. The number of amides is 1. The molecule has 0 saturated heterocycles. The van der Waals surface area contributed by atoms with Crippen molar-refractivity contribution in [2.24, 2.45) is 29.6 Å². The van der Waals surface area contributed by atoms with E-state index in [1.165, 1.54) is 0 Å². The van der Waals surface area contributed by atoms with Gasteiger partial charge in [0.2, 0.25) is 5.91 Å². The van der Waals surface area contributed by atoms with Crippen molar-refractivity contribution in [3.63, 3.8) is 0 Å². The molecule has 0 heterocycles. The van der Waals surface area contributed by atoms with Crippen molar-refractivity contribution in [3.8, 4) is 0 Å². The number of hydrogen-bond donors (Lipinski definition) is 2. The fourth-order valence-corrected chi connectivity index (χ4v) is 3.75. The van der Waals surface area contributed by atoms with Crippen LogP contribution in [-0.2, 0) is 14.4 Å². The Morgan fingerprint density at radius 2 is 1.57 bits per heavy atom. The van der Waals surface area contributed by atoms with Crippen LogP contribution in [0.25, 0.3) is 0 Å². The highest BCUT2D eigenvalue weighted by molar-refractivity contribution is 5.93. The summed E-state index contributed by atoms with van der Waals surface area (Å²) in [7, 11) is 0. The van der Waals surface area contributed by atoms with Crippen LogP contribution < -0.4 is 10.6 Å². The second-order valence-corrected chi connectivity index (χ2v) is 9.86. The van der Waals surface area contributed by atoms with E-state index in [0.29, 0.717) is 18.9 Å². The van der Waals surface area contributed by atoms with Gasteiger partial charge in [-0.1, -0.05) is 68.7 Å². The Labute approximate surface area is 189 Å². The van der Waals surface area contributed by atoms with E-state index in [2.05, 4.69) is 24.5 Å². The smallest absolute Gasteiger partial charge is 0.223 e. The van der Waals surface area contributed by atoms with E-state index in [9.17, 15) is 14.4 Å². The van der Waals surface area contributed by atoms with Crippen molar-refractivity contribution < 1.29 is 18.5 Å². The lowest BCUT2D eigenvalue weighted by molar-refractivity contribution is -0.133. The van der Waals surface area contributed by atoms with E-state index in [4.69, 9.17) is 4.11 Å². The van der Waals surface area contributed by atoms with E-state index in [1.807, 2.05) is 27.7 Å². The average molecular weight is 428 g/mol. The zero-order valence-corrected chi connectivity index (χ0v) is 20.5. The highest BCUT2D eigenvalue weighted by Gasteiger charge is 2.30. The molecule has 0 radical (unpaired) electrons. The molecule has 30 heavy (non-hydrogen) atoms. The fraction of sp³-hybridized carbons (Fsp3) is 0.880. The first-order valence-corrected chi connectivity index (χ1v) is 11.7. The molecule has 0 aliphatic rings. The minimum Gasteiger partial charge on any atom is -0.346 e. The molecule has 0 aromatic rings. The van der Waals surface area contributed by atoms with E-state index in [0.717, 1.165) is 19.3 Å². The van der Waals surface area contributed by atoms with Gasteiger partial charge in [-0.3, -0.25) is 14.4 Å². The van der Waals surface area contributed by atoms with Gasteiger partial charge in [0, 0.05) is 34.3 Å². The van der Waals surface area contributed by atoms with Crippen LogP contribution in [0.4, 0.5) is 0 Å². The summed E-state index contributed by atoms with van der Waals surface area (Å²) in [6.07, 6.45) is 3.14. The van der Waals surface area contributed by atoms with E-state index in [1.54, 1.807) is 13.8 Å². The summed E-state index contributed by atoms with van der Waals surface area (Å²) in [5, 5.41) is 6.01. The Morgan fingerprint density at radius 3 is 2.07 bits per heavy atom. The molecule has 5 nitrogen and oxygen atoms in total. The standard InChI is InChI=1S/C25H48N2O3/c1-16(2)14-21(12-10-11-13-26-19(7)8)25(30)27-23(17(3)4)22(28)15-20(9)24(29)18(5)6/h16-21,23,26H,10-15H2,1-9H3,(H,27,30)/t20-,21+,23+/m1/s1/i7D3/t19?,20-,21+,23+. The van der Waals surface area contributed by atoms with E-state index >= 15 is 0 Å². The molecule has 5 heteroatoms. The van der Waals surface area contributed by atoms with Gasteiger partial charge in [0.1, 0.15) is 5.78 Å². The highest BCUT2D eigenvalue weighted by atomic mass is 16.2. The number of nitrogens with one attached hydrogen (secondary N) is 2. The summed E-state index contributed by atoms with van der Waals surface area (Å²) >= 11 is 0. The normalized spacial score (nSPS) is 17.8. The van der Waals surface area contributed by atoms with E-state index < -0.39 is 18.9 Å². The molecule has 1 unspecified atom stereocenters. The lowest BCUT2D eigenvalue weighted by Gasteiger charge is -2.26. The van der Waals surface area contributed by atoms with Crippen LogP contribution in [-0.4, -0.2) is 36.1 Å². The maximum absolute atomic E-state index is 13.1. The van der Waals surface area contributed by atoms with Crippen molar-refractivity contribution in [2.75, 3.05) is 6.54 Å². The molecule has 0 bridgehead atoms. The van der Waals surface area contributed by atoms with Crippen LogP contribution in [0.2, 0.25) is 0 Å². The number of Topliss-reactive ketones (excluding diaryl/α,β-unsaturated/α-hetero) is 2. The minimum atomic E-state index is -2.02. The average Bonchev–Trinajstić information content (AvgIpc) is 2.68. The van der Waals surface area contributed by atoms with Crippen LogP contribution in [0.3, 0.4) is 0 Å². The maximum atomic E-state index is 13.1. The molecule has 0 aliphatic carbocycles. The number of ketones is 2. The SMILES string of the molecule is [2H]C([2H])([2H])C(C)NCCCC[C@@H](CC(C)C)C(=O)N[C@H](C(=O)C[C@@H](C)C(=O)C(C)C)C(C)C. The quantitative estimate of drug-likeness (QED) is 0.348. The third kappa shape index (κ3) is 11.8. The first-order chi connectivity index (χ1) is 15.1. The number of carbonyl (C=O) groups excluding carboxylic acids is 3. The molecule has 0 aromatic carbocycles. The van der Waals surface area contributed by atoms with Crippen molar-refractivity contribution in [1.82, 2.24) is 10.6 Å². The van der Waals surface area contributed by atoms with Crippen LogP contribution in [0.1, 0.15) is 98.5 Å². The Kier molecular flexibility index (Phi) is 11.5. The molecular weight excluding hydrogens is 376 g/mol. The third-order valence-corrected chi connectivity index (χ3v) is 5.43. The Bertz CT molecular complexity index is 619. The molecule has 0 fully saturated rings. The monoisotopic (exact) mass is 427 g/mol. The zero-order valence-electron chi connectivity index (χ0n) is 23.5. The predicted octanol–water partition coefficient (Wildman–Crippen LogP) is 4.78. The highest BCUT2D eigenvalue weighted by Crippen LogP contribution is 2.20. The summed E-state index contributed by atoms with van der Waals surface area (Å²) in [6.45, 7) is 13.6. The van der Waals surface area contributed by atoms with Crippen molar-refractivity contribution >= 4 is 17.5 Å². The molecule has 2 N–H and O–H groups in total. The van der Waals surface area contributed by atoms with Gasteiger partial charge in [-0.25, -0.2) is 0 Å². The first kappa shape index (κ1) is 23.4. The molecule has 1 amide bonds. The Morgan fingerprint density at radius 1 is 0.933 bits per heavy atom. The number of rotatable bonds is 16. The summed E-state index contributed by atoms with van der Waals surface area (Å²) in [6, 6.07) is -1.16. The van der Waals surface area contributed by atoms with Crippen LogP contribution >= 0.6 is 0 Å². The molecule has 0 aromatic heterocycles. The molecule has 0 saturated carbocycles. The van der Waals surface area contributed by atoms with Gasteiger partial charge in [0.15, 0.2) is 5.78 Å². The summed E-state index contributed by atoms with van der Waals surface area (Å²) in [5.74, 6) is -0.530. The van der Waals surface area contributed by atoms with E-state index in [-0.39, 0.29) is 47.6 Å². The summed E-state index contributed by atoms with van der Waals surface area (Å²) in [5.41, 5.74) is 0. The second kappa shape index (κ2) is 14.7. The lowest BCUT2D eigenvalue weighted by atomic mass is 9.87. The molecular formula is C25H48N2O3. The fourth-order valence-electron chi connectivity index (χ4n) is 3.75. The zero-order chi connectivity index (χ0) is 25.9. The summed E-state index contributed by atoms with van der Waals surface area (Å²) in [4.78, 5) is 38.2. The molecule has 176 valence electrons. The Balaban J connectivity index is 4.96. The largest absolute Gasteiger partial charge is 0.346 e. The van der Waals surface area contributed by atoms with Crippen molar-refractivity contribution in [3.05, 3.63) is 0 Å². The molecule has 0 rings (SSSR count). The number of carbonyl (C=O) groups is 3. The summed E-state index contributed by atoms with van der Waals surface area (Å²) < 4.78 is 22.2. The molecule has 4 atom stereocenters. The topological polar surface area (TPSA) is 75.3 Å². The maximum Gasteiger partial charge on any atom is 0.223 e. The first-order valence-electron chi connectivity index (χ1n) is 13.2. The van der Waals surface area contributed by atoms with Crippen LogP contribution in [0.15, 0.2) is 0 Å². The van der Waals surface area contributed by atoms with Gasteiger partial charge in [0.25, 0.3) is 0 Å². The van der Waals surface area contributed by atoms with Crippen molar-refractivity contribution in [2.45, 2.75) is 106 Å². The number of unbranched alkanes of at least 4 members (excludes halogenated alkanes) is 1. The third-order valence-electron chi connectivity index (χ3n) is 5.43. The van der Waals surface area contributed by atoms with Crippen molar-refractivity contribution in [1.29, 1.82) is 0 Å². The van der Waals surface area contributed by atoms with Crippen LogP contribution in [0, 0.1) is 29.6 Å². The minimum absolute atomic E-state index is 0.0620. The van der Waals surface area contributed by atoms with Gasteiger partial charge < -0.3 is 10.6 Å².